The Bertz CT molecular complexity index is 1020. The van der Waals surface area contributed by atoms with E-state index in [-0.39, 0.29) is 62.8 Å². The van der Waals surface area contributed by atoms with Crippen molar-refractivity contribution in [1.82, 2.24) is 37.2 Å². The first-order valence-electron chi connectivity index (χ1n) is 16.0. The number of rotatable bonds is 9. The van der Waals surface area contributed by atoms with Gasteiger partial charge in [0.2, 0.25) is 23.6 Å². The average Bonchev–Trinajstić information content (AvgIpc) is 2.98. The highest BCUT2D eigenvalue weighted by molar-refractivity contribution is 5.90. The van der Waals surface area contributed by atoms with Crippen LogP contribution in [-0.2, 0) is 19.2 Å². The molecule has 1 fully saturated rings. The van der Waals surface area contributed by atoms with Gasteiger partial charge >= 0.3 is 0 Å². The second kappa shape index (κ2) is 21.2. The Morgan fingerprint density at radius 1 is 0.689 bits per heavy atom. The fourth-order valence-electron chi connectivity index (χ4n) is 4.90. The van der Waals surface area contributed by atoms with E-state index < -0.39 is 36.0 Å². The molecule has 0 aromatic heterocycles. The molecule has 1 aliphatic heterocycles. The lowest BCUT2D eigenvalue weighted by Gasteiger charge is -2.29. The summed E-state index contributed by atoms with van der Waals surface area (Å²) >= 11 is 0. The minimum atomic E-state index is -0.882. The van der Waals surface area contributed by atoms with E-state index >= 15 is 0 Å². The molecule has 14 heteroatoms. The number of carbonyl (C=O) groups excluding carboxylic acids is 4. The van der Waals surface area contributed by atoms with E-state index in [0.29, 0.717) is 55.7 Å². The van der Waals surface area contributed by atoms with Crippen LogP contribution in [0.25, 0.3) is 0 Å². The van der Waals surface area contributed by atoms with Crippen molar-refractivity contribution in [3.8, 4) is 0 Å². The van der Waals surface area contributed by atoms with Crippen molar-refractivity contribution in [2.45, 2.75) is 95.9 Å². The summed E-state index contributed by atoms with van der Waals surface area (Å²) in [5, 5.41) is 20.9. The van der Waals surface area contributed by atoms with Gasteiger partial charge in [-0.1, -0.05) is 40.5 Å². The lowest BCUT2D eigenvalue weighted by atomic mass is 10.0. The molecule has 0 aromatic rings. The number of hydrogen-bond acceptors (Lipinski definition) is 10. The summed E-state index contributed by atoms with van der Waals surface area (Å²) in [4.78, 5) is 52.7. The van der Waals surface area contributed by atoms with Gasteiger partial charge in [-0.25, -0.2) is 0 Å². The minimum Gasteiger partial charge on any atom is -0.387 e. The molecule has 13 N–H and O–H groups in total. The minimum absolute atomic E-state index is 0.172. The molecule has 45 heavy (non-hydrogen) atoms. The summed E-state index contributed by atoms with van der Waals surface area (Å²) in [7, 11) is 0. The predicted octanol–water partition coefficient (Wildman–Crippen LogP) is -1.10. The first-order valence-corrected chi connectivity index (χ1v) is 16.0. The zero-order valence-corrected chi connectivity index (χ0v) is 27.4. The Morgan fingerprint density at radius 3 is 1.76 bits per heavy atom. The fourth-order valence-corrected chi connectivity index (χ4v) is 4.90. The zero-order chi connectivity index (χ0) is 33.9. The number of nitrogens with two attached hydrogens (primary N) is 3. The fraction of sp³-hybridized carbons (Fsp3) is 0.677. The van der Waals surface area contributed by atoms with Crippen LogP contribution in [0.3, 0.4) is 0 Å². The Kier molecular flexibility index (Phi) is 18.5. The van der Waals surface area contributed by atoms with Crippen molar-refractivity contribution in [3.63, 3.8) is 0 Å². The standard InChI is InChI=1S/C31H58N10O4/c1-7-23-21(5)35-16-8-9-20(4)37-24(10-13-32)29(43)36-18-28(42)39-27(17-19(2)3)22(6)38-25(11-14-33)30(44)41-26(12-15-34)31(45)40-23/h19,23-27,35,37-38H,4-18,32-34H2,1-3H3,(H,36,43)(H,39,42)(H,40,45)(H,41,44). The van der Waals surface area contributed by atoms with Gasteiger partial charge < -0.3 is 54.4 Å². The third-order valence-electron chi connectivity index (χ3n) is 7.41. The van der Waals surface area contributed by atoms with E-state index in [0.717, 1.165) is 0 Å². The Balaban J connectivity index is 3.32. The molecule has 5 atom stereocenters. The molecule has 14 nitrogen and oxygen atoms in total. The molecule has 0 bridgehead atoms. The van der Waals surface area contributed by atoms with E-state index in [9.17, 15) is 19.2 Å². The van der Waals surface area contributed by atoms with E-state index in [1.807, 2.05) is 20.8 Å². The monoisotopic (exact) mass is 634 g/mol. The molecule has 0 aromatic carbocycles. The Hall–Kier alpha value is -3.62. The quantitative estimate of drug-likeness (QED) is 0.147. The average molecular weight is 635 g/mol. The van der Waals surface area contributed by atoms with Gasteiger partial charge in [0.25, 0.3) is 0 Å². The van der Waals surface area contributed by atoms with Gasteiger partial charge in [0.15, 0.2) is 0 Å². The zero-order valence-electron chi connectivity index (χ0n) is 27.4. The third kappa shape index (κ3) is 14.8. The van der Waals surface area contributed by atoms with E-state index in [1.165, 1.54) is 0 Å². The predicted molar refractivity (Wildman–Crippen MR) is 178 cm³/mol. The Morgan fingerprint density at radius 2 is 1.22 bits per heavy atom. The van der Waals surface area contributed by atoms with Crippen LogP contribution in [0.4, 0.5) is 0 Å². The summed E-state index contributed by atoms with van der Waals surface area (Å²) in [6, 6.07) is -3.29. The van der Waals surface area contributed by atoms with Gasteiger partial charge in [0.05, 0.1) is 18.6 Å². The van der Waals surface area contributed by atoms with Gasteiger partial charge in [-0.05, 0) is 70.5 Å². The second-order valence-electron chi connectivity index (χ2n) is 11.8. The summed E-state index contributed by atoms with van der Waals surface area (Å²) in [5.74, 6) is -1.44. The molecular formula is C31H58N10O4. The number of hydrogen-bond donors (Lipinski definition) is 10. The first kappa shape index (κ1) is 39.4. The molecule has 1 aliphatic rings. The maximum Gasteiger partial charge on any atom is 0.243 e. The molecule has 0 spiro atoms. The molecular weight excluding hydrogens is 576 g/mol. The van der Waals surface area contributed by atoms with Gasteiger partial charge in [0.1, 0.15) is 18.1 Å². The second-order valence-corrected chi connectivity index (χ2v) is 11.8. The van der Waals surface area contributed by atoms with Crippen molar-refractivity contribution in [3.05, 3.63) is 36.8 Å². The van der Waals surface area contributed by atoms with Gasteiger partial charge in [-0.3, -0.25) is 19.2 Å². The van der Waals surface area contributed by atoms with Crippen molar-refractivity contribution < 1.29 is 19.2 Å². The van der Waals surface area contributed by atoms with Gasteiger partial charge in [-0.15, -0.1) is 0 Å². The molecule has 4 amide bonds. The summed E-state index contributed by atoms with van der Waals surface area (Å²) in [5.41, 5.74) is 19.1. The normalized spacial score (nSPS) is 25.7. The highest BCUT2D eigenvalue weighted by Gasteiger charge is 2.29. The highest BCUT2D eigenvalue weighted by atomic mass is 16.2. The maximum atomic E-state index is 13.4. The third-order valence-corrected chi connectivity index (χ3v) is 7.41. The smallest absolute Gasteiger partial charge is 0.243 e. The molecule has 1 rings (SSSR count). The van der Waals surface area contributed by atoms with Crippen LogP contribution in [0.5, 0.6) is 0 Å². The maximum absolute atomic E-state index is 13.4. The van der Waals surface area contributed by atoms with Gasteiger partial charge in [-0.2, -0.15) is 0 Å². The number of amides is 4. The van der Waals surface area contributed by atoms with E-state index in [4.69, 9.17) is 17.2 Å². The first-order chi connectivity index (χ1) is 21.4. The summed E-state index contributed by atoms with van der Waals surface area (Å²) in [6.45, 7) is 19.1. The highest BCUT2D eigenvalue weighted by Crippen LogP contribution is 2.12. The van der Waals surface area contributed by atoms with Crippen LogP contribution >= 0.6 is 0 Å². The van der Waals surface area contributed by atoms with Crippen LogP contribution in [-0.4, -0.2) is 86.6 Å². The number of allylic oxidation sites excluding steroid dienone is 1. The largest absolute Gasteiger partial charge is 0.387 e. The molecule has 0 aliphatic carbocycles. The van der Waals surface area contributed by atoms with Gasteiger partial charge in [0, 0.05) is 23.6 Å². The molecule has 0 saturated carbocycles. The van der Waals surface area contributed by atoms with Crippen LogP contribution in [0, 0.1) is 5.92 Å². The van der Waals surface area contributed by atoms with Crippen molar-refractivity contribution >= 4 is 23.6 Å². The van der Waals surface area contributed by atoms with Crippen molar-refractivity contribution in [1.29, 1.82) is 0 Å². The lowest BCUT2D eigenvalue weighted by molar-refractivity contribution is -0.130. The molecule has 5 unspecified atom stereocenters. The van der Waals surface area contributed by atoms with Crippen molar-refractivity contribution in [2.24, 2.45) is 23.1 Å². The van der Waals surface area contributed by atoms with Crippen LogP contribution in [0.1, 0.15) is 65.7 Å². The topological polar surface area (TPSA) is 231 Å². The Labute approximate surface area is 268 Å². The van der Waals surface area contributed by atoms with Crippen LogP contribution in [0.15, 0.2) is 36.8 Å². The summed E-state index contributed by atoms with van der Waals surface area (Å²) < 4.78 is 0. The lowest BCUT2D eigenvalue weighted by Crippen LogP contribution is -2.56. The number of nitrogens with one attached hydrogen (secondary N) is 7. The summed E-state index contributed by atoms with van der Waals surface area (Å²) in [6.07, 6.45) is 3.17. The van der Waals surface area contributed by atoms with Crippen LogP contribution in [0.2, 0.25) is 0 Å². The molecule has 1 heterocycles. The molecule has 1 saturated heterocycles. The van der Waals surface area contributed by atoms with E-state index in [1.54, 1.807) is 0 Å². The molecule has 256 valence electrons. The SMILES string of the molecule is C=C1CCCNC(=C)C(CC)NC(=O)C(CCN)NC(=O)C(CCN)NC(=C)C(CC(C)C)NC(=O)CNC(=O)C(CCN)N1. The van der Waals surface area contributed by atoms with Crippen LogP contribution < -0.4 is 54.4 Å². The van der Waals surface area contributed by atoms with Crippen molar-refractivity contribution in [2.75, 3.05) is 32.7 Å². The number of carbonyl (C=O) groups is 4. The molecule has 0 radical (unpaired) electrons. The van der Waals surface area contributed by atoms with E-state index in [2.05, 4.69) is 57.0 Å².